The number of halogens is 1. The van der Waals surface area contributed by atoms with E-state index in [1.54, 1.807) is 30.3 Å². The molecule has 1 aliphatic rings. The van der Waals surface area contributed by atoms with Crippen molar-refractivity contribution >= 4 is 40.6 Å². The summed E-state index contributed by atoms with van der Waals surface area (Å²) in [5.74, 6) is -0.443. The zero-order valence-corrected chi connectivity index (χ0v) is 14.4. The highest BCUT2D eigenvalue weighted by Crippen LogP contribution is 2.24. The summed E-state index contributed by atoms with van der Waals surface area (Å²) >= 11 is 6.03. The van der Waals surface area contributed by atoms with Crippen LogP contribution >= 0.6 is 11.6 Å². The summed E-state index contributed by atoms with van der Waals surface area (Å²) in [5, 5.41) is 6.04. The molecule has 1 aliphatic heterocycles. The maximum atomic E-state index is 12.3. The summed E-state index contributed by atoms with van der Waals surface area (Å²) in [6, 6.07) is 10.4. The van der Waals surface area contributed by atoms with E-state index < -0.39 is 0 Å². The lowest BCUT2D eigenvalue weighted by atomic mass is 10.0. The highest BCUT2D eigenvalue weighted by molar-refractivity contribution is 6.31. The third-order valence-electron chi connectivity index (χ3n) is 4.09. The number of nitrogens with one attached hydrogen (secondary N) is 2. The van der Waals surface area contributed by atoms with E-state index in [1.807, 2.05) is 13.0 Å². The van der Waals surface area contributed by atoms with Gasteiger partial charge in [0.05, 0.1) is 6.42 Å². The first-order chi connectivity index (χ1) is 11.9. The van der Waals surface area contributed by atoms with E-state index in [9.17, 15) is 14.4 Å². The number of carbonyl (C=O) groups is 3. The van der Waals surface area contributed by atoms with Gasteiger partial charge in [-0.1, -0.05) is 17.7 Å². The van der Waals surface area contributed by atoms with Gasteiger partial charge >= 0.3 is 0 Å². The molecule has 0 saturated carbocycles. The lowest BCUT2D eigenvalue weighted by Gasteiger charge is -2.07. The number of rotatable bonds is 5. The average molecular weight is 357 g/mol. The Bertz CT molecular complexity index is 877. The van der Waals surface area contributed by atoms with Gasteiger partial charge in [-0.15, -0.1) is 0 Å². The van der Waals surface area contributed by atoms with Crippen molar-refractivity contribution in [2.24, 2.45) is 0 Å². The molecular weight excluding hydrogens is 340 g/mol. The van der Waals surface area contributed by atoms with Gasteiger partial charge in [-0.25, -0.2) is 0 Å². The molecule has 1 heterocycles. The smallest absolute Gasteiger partial charge is 0.228 e. The Hall–Kier alpha value is -2.66. The maximum Gasteiger partial charge on any atom is 0.228 e. The van der Waals surface area contributed by atoms with Crippen molar-refractivity contribution in [1.29, 1.82) is 0 Å². The molecule has 25 heavy (non-hydrogen) atoms. The van der Waals surface area contributed by atoms with E-state index in [1.165, 1.54) is 0 Å². The van der Waals surface area contributed by atoms with Gasteiger partial charge in [-0.3, -0.25) is 14.4 Å². The van der Waals surface area contributed by atoms with Crippen molar-refractivity contribution in [1.82, 2.24) is 0 Å². The molecule has 0 bridgehead atoms. The van der Waals surface area contributed by atoms with Gasteiger partial charge in [-0.05, 0) is 48.4 Å². The van der Waals surface area contributed by atoms with Gasteiger partial charge in [0.15, 0.2) is 5.78 Å². The molecule has 128 valence electrons. The highest BCUT2D eigenvalue weighted by atomic mass is 35.5. The van der Waals surface area contributed by atoms with Crippen LogP contribution in [0.25, 0.3) is 0 Å². The van der Waals surface area contributed by atoms with Gasteiger partial charge in [-0.2, -0.15) is 0 Å². The molecule has 2 aromatic carbocycles. The fourth-order valence-corrected chi connectivity index (χ4v) is 2.85. The lowest BCUT2D eigenvalue weighted by Crippen LogP contribution is -2.13. The van der Waals surface area contributed by atoms with Crippen LogP contribution in [0.3, 0.4) is 0 Å². The zero-order valence-electron chi connectivity index (χ0n) is 13.7. The second-order valence-corrected chi connectivity index (χ2v) is 6.44. The van der Waals surface area contributed by atoms with Gasteiger partial charge in [0, 0.05) is 34.8 Å². The molecule has 0 aromatic heterocycles. The second kappa shape index (κ2) is 7.07. The first kappa shape index (κ1) is 17.2. The van der Waals surface area contributed by atoms with Gasteiger partial charge in [0.25, 0.3) is 0 Å². The van der Waals surface area contributed by atoms with Gasteiger partial charge in [0.1, 0.15) is 0 Å². The molecule has 2 aromatic rings. The van der Waals surface area contributed by atoms with Crippen LogP contribution in [0.2, 0.25) is 5.02 Å². The molecule has 0 radical (unpaired) electrons. The minimum atomic E-state index is -0.244. The molecule has 0 spiro atoms. The standard InChI is InChI=1S/C19H17ClN2O3/c1-11-2-4-14(10-15(11)20)21-18(24)7-6-17(23)12-3-5-16-13(8-12)9-19(25)22-16/h2-5,8,10H,6-7,9H2,1H3,(H,21,24)(H,22,25). The van der Waals surface area contributed by atoms with E-state index in [0.29, 0.717) is 16.3 Å². The number of amides is 2. The van der Waals surface area contributed by atoms with Crippen molar-refractivity contribution in [2.45, 2.75) is 26.2 Å². The summed E-state index contributed by atoms with van der Waals surface area (Å²) in [6.45, 7) is 1.88. The topological polar surface area (TPSA) is 75.3 Å². The van der Waals surface area contributed by atoms with Crippen LogP contribution in [0.4, 0.5) is 11.4 Å². The Labute approximate surface area is 150 Å². The van der Waals surface area contributed by atoms with Crippen molar-refractivity contribution in [3.63, 3.8) is 0 Å². The first-order valence-electron chi connectivity index (χ1n) is 7.94. The predicted octanol–water partition coefficient (Wildman–Crippen LogP) is 3.74. The van der Waals surface area contributed by atoms with Crippen LogP contribution in [0.1, 0.15) is 34.3 Å². The maximum absolute atomic E-state index is 12.3. The molecule has 2 amide bonds. The Kier molecular flexibility index (Phi) is 4.86. The van der Waals surface area contributed by atoms with Crippen molar-refractivity contribution in [3.8, 4) is 0 Å². The Balaban J connectivity index is 1.57. The minimum absolute atomic E-state index is 0.0734. The molecule has 2 N–H and O–H groups in total. The monoisotopic (exact) mass is 356 g/mol. The van der Waals surface area contributed by atoms with Crippen LogP contribution < -0.4 is 10.6 Å². The van der Waals surface area contributed by atoms with Crippen LogP contribution in [0.15, 0.2) is 36.4 Å². The summed E-state index contributed by atoms with van der Waals surface area (Å²) in [7, 11) is 0. The SMILES string of the molecule is Cc1ccc(NC(=O)CCC(=O)c2ccc3c(c2)CC(=O)N3)cc1Cl. The van der Waals surface area contributed by atoms with Crippen LogP contribution in [-0.2, 0) is 16.0 Å². The van der Waals surface area contributed by atoms with E-state index in [4.69, 9.17) is 11.6 Å². The van der Waals surface area contributed by atoms with Crippen LogP contribution in [0.5, 0.6) is 0 Å². The summed E-state index contributed by atoms with van der Waals surface area (Å²) < 4.78 is 0. The third-order valence-corrected chi connectivity index (χ3v) is 4.49. The number of aryl methyl sites for hydroxylation is 1. The number of anilines is 2. The predicted molar refractivity (Wildman–Crippen MR) is 97.2 cm³/mol. The molecule has 3 rings (SSSR count). The molecule has 0 unspecified atom stereocenters. The number of benzene rings is 2. The fraction of sp³-hybridized carbons (Fsp3) is 0.211. The van der Waals surface area contributed by atoms with Gasteiger partial charge < -0.3 is 10.6 Å². The summed E-state index contributed by atoms with van der Waals surface area (Å²) in [4.78, 5) is 35.6. The Morgan fingerprint density at radius 1 is 1.16 bits per heavy atom. The van der Waals surface area contributed by atoms with Crippen LogP contribution in [-0.4, -0.2) is 17.6 Å². The summed E-state index contributed by atoms with van der Waals surface area (Å²) in [5.41, 5.74) is 3.61. The van der Waals surface area contributed by atoms with E-state index >= 15 is 0 Å². The quantitative estimate of drug-likeness (QED) is 0.801. The molecule has 0 fully saturated rings. The van der Waals surface area contributed by atoms with E-state index in [2.05, 4.69) is 10.6 Å². The third kappa shape index (κ3) is 4.06. The minimum Gasteiger partial charge on any atom is -0.326 e. The lowest BCUT2D eigenvalue weighted by molar-refractivity contribution is -0.116. The molecule has 5 nitrogen and oxygen atoms in total. The molecule has 6 heteroatoms. The summed E-state index contributed by atoms with van der Waals surface area (Å²) in [6.07, 6.45) is 0.468. The molecule has 0 saturated heterocycles. The Morgan fingerprint density at radius 3 is 2.72 bits per heavy atom. The number of hydrogen-bond donors (Lipinski definition) is 2. The first-order valence-corrected chi connectivity index (χ1v) is 8.32. The largest absolute Gasteiger partial charge is 0.326 e. The molecule has 0 aliphatic carbocycles. The Morgan fingerprint density at radius 2 is 1.96 bits per heavy atom. The van der Waals surface area contributed by atoms with E-state index in [0.717, 1.165) is 16.8 Å². The molecular formula is C19H17ClN2O3. The fourth-order valence-electron chi connectivity index (χ4n) is 2.67. The number of ketones is 1. The zero-order chi connectivity index (χ0) is 18.0. The number of Topliss-reactive ketones (excluding diaryl/α,β-unsaturated/α-hetero) is 1. The van der Waals surface area contributed by atoms with Crippen molar-refractivity contribution in [3.05, 3.63) is 58.1 Å². The molecule has 0 atom stereocenters. The number of hydrogen-bond acceptors (Lipinski definition) is 3. The average Bonchev–Trinajstić information content (AvgIpc) is 2.95. The number of carbonyl (C=O) groups excluding carboxylic acids is 3. The van der Waals surface area contributed by atoms with Crippen LogP contribution in [0, 0.1) is 6.92 Å². The highest BCUT2D eigenvalue weighted by Gasteiger charge is 2.19. The normalized spacial score (nSPS) is 12.5. The second-order valence-electron chi connectivity index (χ2n) is 6.03. The van der Waals surface area contributed by atoms with Crippen molar-refractivity contribution in [2.75, 3.05) is 10.6 Å². The van der Waals surface area contributed by atoms with Gasteiger partial charge in [0.2, 0.25) is 11.8 Å². The number of fused-ring (bicyclic) bond motifs is 1. The van der Waals surface area contributed by atoms with E-state index in [-0.39, 0.29) is 36.9 Å². The van der Waals surface area contributed by atoms with Crippen molar-refractivity contribution < 1.29 is 14.4 Å².